The topological polar surface area (TPSA) is 3.24 Å². The molecule has 15 rings (SSSR count). The van der Waals surface area contributed by atoms with Crippen molar-refractivity contribution < 1.29 is 0 Å². The third-order valence-electron chi connectivity index (χ3n) is 16.0. The van der Waals surface area contributed by atoms with Gasteiger partial charge in [0.1, 0.15) is 0 Å². The average Bonchev–Trinajstić information content (AvgIpc) is 4.04. The van der Waals surface area contributed by atoms with Crippen LogP contribution >= 0.6 is 11.3 Å². The molecule has 0 N–H and O–H groups in total. The number of para-hydroxylation sites is 1. The summed E-state index contributed by atoms with van der Waals surface area (Å²) in [5, 5.41) is 5.49. The van der Waals surface area contributed by atoms with Gasteiger partial charge in [-0.15, -0.1) is 11.3 Å². The van der Waals surface area contributed by atoms with Crippen molar-refractivity contribution in [1.29, 1.82) is 0 Å². The van der Waals surface area contributed by atoms with Gasteiger partial charge in [0.15, 0.2) is 0 Å². The van der Waals surface area contributed by atoms with E-state index in [1.54, 1.807) is 0 Å². The number of anilines is 3. The van der Waals surface area contributed by atoms with E-state index in [2.05, 4.69) is 209 Å². The fourth-order valence-electron chi connectivity index (χ4n) is 13.5. The highest BCUT2D eigenvalue weighted by Gasteiger charge is 2.53. The highest BCUT2D eigenvalue weighted by Crippen LogP contribution is 2.67. The molecule has 0 radical (unpaired) electrons. The van der Waals surface area contributed by atoms with E-state index in [0.717, 1.165) is 0 Å². The Morgan fingerprint density at radius 1 is 0.381 bits per heavy atom. The molecule has 63 heavy (non-hydrogen) atoms. The SMILES string of the molecule is CC1(C)c2ccccc2N(c2cccc3c2C(C)(C)c2c-3ccc3c2-c2ccc4c5c(ccc(c25)C32c3ccccc3-c3ccccc32)C=C4)c2cc3sc4ccccc4c3cc21. The number of benzene rings is 9. The zero-order valence-electron chi connectivity index (χ0n) is 35.6. The summed E-state index contributed by atoms with van der Waals surface area (Å²) in [4.78, 5) is 2.63. The van der Waals surface area contributed by atoms with Gasteiger partial charge >= 0.3 is 0 Å². The lowest BCUT2D eigenvalue weighted by molar-refractivity contribution is 0.630. The van der Waals surface area contributed by atoms with Crippen molar-refractivity contribution in [3.8, 4) is 33.4 Å². The summed E-state index contributed by atoms with van der Waals surface area (Å²) >= 11 is 1.91. The van der Waals surface area contributed by atoms with E-state index >= 15 is 0 Å². The molecule has 4 aliphatic carbocycles. The number of hydrogen-bond donors (Lipinski definition) is 0. The maximum absolute atomic E-state index is 2.63. The monoisotopic (exact) mass is 819 g/mol. The van der Waals surface area contributed by atoms with Gasteiger partial charge in [-0.2, -0.15) is 0 Å². The summed E-state index contributed by atoms with van der Waals surface area (Å²) in [6.07, 6.45) is 4.64. The molecule has 2 heterocycles. The van der Waals surface area contributed by atoms with Crippen LogP contribution in [0, 0.1) is 0 Å². The van der Waals surface area contributed by atoms with Gasteiger partial charge in [0.05, 0.1) is 22.5 Å². The highest BCUT2D eigenvalue weighted by atomic mass is 32.1. The highest BCUT2D eigenvalue weighted by molar-refractivity contribution is 7.25. The van der Waals surface area contributed by atoms with Crippen molar-refractivity contribution in [1.82, 2.24) is 0 Å². The van der Waals surface area contributed by atoms with Crippen LogP contribution in [0.4, 0.5) is 17.1 Å². The molecule has 0 saturated heterocycles. The van der Waals surface area contributed by atoms with Crippen LogP contribution in [0.15, 0.2) is 164 Å². The van der Waals surface area contributed by atoms with E-state index in [9.17, 15) is 0 Å². The number of thiophene rings is 1. The molecule has 5 aliphatic rings. The molecule has 10 aromatic rings. The zero-order valence-corrected chi connectivity index (χ0v) is 36.4. The van der Waals surface area contributed by atoms with Crippen LogP contribution < -0.4 is 4.90 Å². The third-order valence-corrected chi connectivity index (χ3v) is 17.1. The molecule has 0 atom stereocenters. The predicted molar refractivity (Wildman–Crippen MR) is 266 cm³/mol. The second-order valence-electron chi connectivity index (χ2n) is 19.5. The minimum Gasteiger partial charge on any atom is -0.309 e. The number of rotatable bonds is 1. The molecule has 0 fully saturated rings. The molecule has 0 amide bonds. The molecule has 1 aromatic heterocycles. The largest absolute Gasteiger partial charge is 0.309 e. The first-order chi connectivity index (χ1) is 30.8. The van der Waals surface area contributed by atoms with Gasteiger partial charge < -0.3 is 4.90 Å². The van der Waals surface area contributed by atoms with Gasteiger partial charge in [-0.1, -0.05) is 173 Å². The van der Waals surface area contributed by atoms with Crippen LogP contribution in [-0.2, 0) is 16.2 Å². The maximum atomic E-state index is 2.63. The summed E-state index contributed by atoms with van der Waals surface area (Å²) in [5.74, 6) is 0. The van der Waals surface area contributed by atoms with Crippen molar-refractivity contribution >= 4 is 71.5 Å². The smallest absolute Gasteiger partial charge is 0.0725 e. The molecule has 9 aromatic carbocycles. The Labute approximate surface area is 371 Å². The molecule has 1 nitrogen and oxygen atoms in total. The van der Waals surface area contributed by atoms with Gasteiger partial charge in [0.2, 0.25) is 0 Å². The molecule has 1 aliphatic heterocycles. The van der Waals surface area contributed by atoms with Crippen LogP contribution in [-0.4, -0.2) is 0 Å². The van der Waals surface area contributed by atoms with Gasteiger partial charge in [-0.25, -0.2) is 0 Å². The first kappa shape index (κ1) is 34.6. The molecular formula is C61H41NS. The third kappa shape index (κ3) is 3.90. The Hall–Kier alpha value is -7.00. The molecule has 0 saturated carbocycles. The maximum Gasteiger partial charge on any atom is 0.0725 e. The van der Waals surface area contributed by atoms with Crippen LogP contribution in [0.25, 0.3) is 76.5 Å². The summed E-state index contributed by atoms with van der Waals surface area (Å²) in [6, 6.07) is 63.4. The average molecular weight is 820 g/mol. The second-order valence-corrected chi connectivity index (χ2v) is 20.6. The van der Waals surface area contributed by atoms with E-state index in [1.807, 2.05) is 11.3 Å². The quantitative estimate of drug-likeness (QED) is 0.159. The lowest BCUT2D eigenvalue weighted by Gasteiger charge is -2.44. The summed E-state index contributed by atoms with van der Waals surface area (Å²) < 4.78 is 2.67. The van der Waals surface area contributed by atoms with Gasteiger partial charge in [0.25, 0.3) is 0 Å². The number of hydrogen-bond acceptors (Lipinski definition) is 2. The van der Waals surface area contributed by atoms with Crippen molar-refractivity contribution in [2.45, 2.75) is 43.9 Å². The van der Waals surface area contributed by atoms with E-state index in [4.69, 9.17) is 0 Å². The summed E-state index contributed by atoms with van der Waals surface area (Å²) in [5.41, 5.74) is 24.7. The Kier molecular flexibility index (Phi) is 6.21. The van der Waals surface area contributed by atoms with Crippen LogP contribution in [0.1, 0.15) is 83.3 Å². The lowest BCUT2D eigenvalue weighted by atomic mass is 9.59. The molecule has 2 heteroatoms. The second kappa shape index (κ2) is 11.3. The molecule has 296 valence electrons. The van der Waals surface area contributed by atoms with E-state index in [0.29, 0.717) is 0 Å². The van der Waals surface area contributed by atoms with Crippen LogP contribution in [0.3, 0.4) is 0 Å². The molecule has 1 spiro atoms. The Balaban J connectivity index is 1.04. The minimum atomic E-state index is -0.468. The Bertz CT molecular complexity index is 3760. The van der Waals surface area contributed by atoms with Crippen LogP contribution in [0.5, 0.6) is 0 Å². The van der Waals surface area contributed by atoms with Crippen molar-refractivity contribution in [2.24, 2.45) is 0 Å². The van der Waals surface area contributed by atoms with Gasteiger partial charge in [-0.3, -0.25) is 0 Å². The summed E-state index contributed by atoms with van der Waals surface area (Å²) in [7, 11) is 0. The first-order valence-electron chi connectivity index (χ1n) is 22.4. The lowest BCUT2D eigenvalue weighted by Crippen LogP contribution is -2.33. The van der Waals surface area contributed by atoms with Crippen molar-refractivity contribution in [3.05, 3.63) is 219 Å². The predicted octanol–water partition coefficient (Wildman–Crippen LogP) is 16.5. The molecule has 0 bridgehead atoms. The van der Waals surface area contributed by atoms with Crippen molar-refractivity contribution in [3.63, 3.8) is 0 Å². The van der Waals surface area contributed by atoms with Gasteiger partial charge in [-0.05, 0) is 130 Å². The van der Waals surface area contributed by atoms with Crippen LogP contribution in [0.2, 0.25) is 0 Å². The Morgan fingerprint density at radius 2 is 1.00 bits per heavy atom. The number of nitrogens with zero attached hydrogens (tertiary/aromatic N) is 1. The summed E-state index contributed by atoms with van der Waals surface area (Å²) in [6.45, 7) is 9.86. The van der Waals surface area contributed by atoms with E-state index in [-0.39, 0.29) is 10.8 Å². The first-order valence-corrected chi connectivity index (χ1v) is 23.2. The fourth-order valence-corrected chi connectivity index (χ4v) is 14.6. The van der Waals surface area contributed by atoms with Gasteiger partial charge in [0, 0.05) is 31.0 Å². The molecular weight excluding hydrogens is 779 g/mol. The number of fused-ring (bicyclic) bond motifs is 18. The standard InChI is InChI=1S/C61H41NS/c1-59(2)45-20-10-11-21-49(45)62(51-33-53-42(32-48(51)59)38-16-7-12-23-52(38)63-53)50-22-13-17-39-40-29-31-47-56(58(40)60(3,4)57(39)50)41-28-26-34-24-25-35-27-30-46(55(41)54(34)35)61(47)43-18-8-5-14-36(43)37-15-6-9-19-44(37)61/h5-33H,1-4H3. The molecule has 0 unspecified atom stereocenters. The van der Waals surface area contributed by atoms with Crippen molar-refractivity contribution in [2.75, 3.05) is 4.90 Å². The van der Waals surface area contributed by atoms with E-state index in [1.165, 1.54) is 137 Å². The zero-order chi connectivity index (χ0) is 41.7. The minimum absolute atomic E-state index is 0.195. The van der Waals surface area contributed by atoms with E-state index < -0.39 is 5.41 Å². The Morgan fingerprint density at radius 3 is 1.79 bits per heavy atom. The normalized spacial score (nSPS) is 16.5. The fraction of sp³-hybridized carbons (Fsp3) is 0.115.